The average Bonchev–Trinajstić information content (AvgIpc) is 3.89. The number of amides is 3. The standard InChI is InChI=1S/C14H15Cl2N5.C14H17N5O2/c1-20-12(6-11(19-20)8-2-3-8)21-5-4-10-9(7-21)13(15)18-14(16)17-10;1-18-12(6-11(17-18)8-2-3-8)19-5-4-10-9(7-19)13(20)16-14(21)15-10/h6,8H,2-5,7H2,1H3;6,8-9H,2-5,7H2,1H3,(H,16,20,21). The number of nitrogens with zero attached hydrogens (tertiary/aromatic N) is 9. The fourth-order valence-electron chi connectivity index (χ4n) is 6.02. The van der Waals surface area contributed by atoms with E-state index < -0.39 is 6.03 Å². The molecule has 3 aromatic rings. The molecule has 2 aliphatic carbocycles. The van der Waals surface area contributed by atoms with Gasteiger partial charge in [-0.05, 0) is 37.3 Å². The zero-order valence-corrected chi connectivity index (χ0v) is 25.1. The van der Waals surface area contributed by atoms with Crippen LogP contribution in [0.15, 0.2) is 17.1 Å². The summed E-state index contributed by atoms with van der Waals surface area (Å²) >= 11 is 12.1. The van der Waals surface area contributed by atoms with Gasteiger partial charge in [-0.1, -0.05) is 11.6 Å². The first-order valence-electron chi connectivity index (χ1n) is 14.4. The molecule has 1 N–H and O–H groups in total. The second-order valence-electron chi connectivity index (χ2n) is 11.7. The molecule has 5 aliphatic rings. The number of rotatable bonds is 4. The van der Waals surface area contributed by atoms with Gasteiger partial charge < -0.3 is 9.80 Å². The van der Waals surface area contributed by atoms with Gasteiger partial charge >= 0.3 is 6.03 Å². The number of fused-ring (bicyclic) bond motifs is 2. The second kappa shape index (κ2) is 10.6. The molecule has 2 saturated carbocycles. The highest BCUT2D eigenvalue weighted by atomic mass is 35.5. The molecular weight excluding hydrogens is 579 g/mol. The number of aliphatic imine (C=N–C) groups is 1. The summed E-state index contributed by atoms with van der Waals surface area (Å²) < 4.78 is 3.85. The van der Waals surface area contributed by atoms with Crippen LogP contribution in [-0.4, -0.2) is 66.8 Å². The van der Waals surface area contributed by atoms with Gasteiger partial charge in [0.15, 0.2) is 0 Å². The maximum Gasteiger partial charge on any atom is 0.347 e. The summed E-state index contributed by atoms with van der Waals surface area (Å²) in [7, 11) is 3.94. The van der Waals surface area contributed by atoms with Crippen LogP contribution in [0.5, 0.6) is 0 Å². The van der Waals surface area contributed by atoms with Crippen LogP contribution in [0.25, 0.3) is 0 Å². The van der Waals surface area contributed by atoms with E-state index >= 15 is 0 Å². The zero-order valence-electron chi connectivity index (χ0n) is 23.6. The number of halogens is 2. The number of carbonyl (C=O) groups excluding carboxylic acids is 2. The molecule has 1 saturated heterocycles. The molecule has 42 heavy (non-hydrogen) atoms. The lowest BCUT2D eigenvalue weighted by Gasteiger charge is -2.35. The molecule has 3 aliphatic heterocycles. The normalized spacial score (nSPS) is 21.7. The number of imide groups is 1. The number of hydrogen-bond acceptors (Lipinski definition) is 8. The third kappa shape index (κ3) is 5.37. The zero-order chi connectivity index (χ0) is 29.1. The van der Waals surface area contributed by atoms with E-state index in [2.05, 4.69) is 52.4 Å². The van der Waals surface area contributed by atoms with Crippen molar-refractivity contribution in [2.45, 2.75) is 56.9 Å². The van der Waals surface area contributed by atoms with Crippen molar-refractivity contribution in [3.8, 4) is 0 Å². The number of urea groups is 1. The third-order valence-corrected chi connectivity index (χ3v) is 9.09. The number of carbonyl (C=O) groups is 2. The molecule has 0 bridgehead atoms. The van der Waals surface area contributed by atoms with Crippen LogP contribution in [0.3, 0.4) is 0 Å². The van der Waals surface area contributed by atoms with Crippen molar-refractivity contribution in [2.24, 2.45) is 25.0 Å². The molecule has 3 amide bonds. The van der Waals surface area contributed by atoms with E-state index in [4.69, 9.17) is 23.2 Å². The first-order valence-corrected chi connectivity index (χ1v) is 15.2. The van der Waals surface area contributed by atoms with E-state index in [1.54, 1.807) is 0 Å². The van der Waals surface area contributed by atoms with Gasteiger partial charge in [0, 0.05) is 88.4 Å². The Morgan fingerprint density at radius 1 is 0.857 bits per heavy atom. The Balaban J connectivity index is 0.000000137. The molecule has 8 rings (SSSR count). The highest BCUT2D eigenvalue weighted by Gasteiger charge is 2.37. The summed E-state index contributed by atoms with van der Waals surface area (Å²) in [6, 6.07) is 3.80. The minimum atomic E-state index is -0.531. The molecule has 12 nitrogen and oxygen atoms in total. The minimum absolute atomic E-state index is 0.226. The number of aryl methyl sites for hydroxylation is 2. The van der Waals surface area contributed by atoms with Crippen LogP contribution < -0.4 is 15.1 Å². The molecule has 0 aromatic carbocycles. The number of anilines is 2. The Morgan fingerprint density at radius 2 is 1.48 bits per heavy atom. The van der Waals surface area contributed by atoms with E-state index in [0.29, 0.717) is 42.2 Å². The molecule has 1 unspecified atom stereocenters. The quantitative estimate of drug-likeness (QED) is 0.349. The maximum absolute atomic E-state index is 12.0. The first-order chi connectivity index (χ1) is 20.2. The summed E-state index contributed by atoms with van der Waals surface area (Å²) in [6.45, 7) is 2.91. The van der Waals surface area contributed by atoms with Crippen LogP contribution in [0.1, 0.15) is 66.6 Å². The Bertz CT molecular complexity index is 1610. The predicted octanol–water partition coefficient (Wildman–Crippen LogP) is 3.77. The van der Waals surface area contributed by atoms with Gasteiger partial charge in [0.05, 0.1) is 23.0 Å². The van der Waals surface area contributed by atoms with E-state index in [9.17, 15) is 9.59 Å². The molecule has 0 spiro atoms. The molecule has 220 valence electrons. The first kappa shape index (κ1) is 27.3. The Morgan fingerprint density at radius 3 is 2.12 bits per heavy atom. The van der Waals surface area contributed by atoms with Crippen molar-refractivity contribution < 1.29 is 9.59 Å². The van der Waals surface area contributed by atoms with E-state index in [0.717, 1.165) is 48.1 Å². The molecule has 14 heteroatoms. The number of nitrogens with one attached hydrogen (secondary N) is 1. The van der Waals surface area contributed by atoms with Crippen LogP contribution in [0.2, 0.25) is 10.4 Å². The smallest absolute Gasteiger partial charge is 0.347 e. The highest BCUT2D eigenvalue weighted by Crippen LogP contribution is 2.41. The lowest BCUT2D eigenvalue weighted by molar-refractivity contribution is -0.122. The van der Waals surface area contributed by atoms with Crippen LogP contribution in [-0.2, 0) is 31.9 Å². The molecule has 0 radical (unpaired) electrons. The third-order valence-electron chi connectivity index (χ3n) is 8.60. The van der Waals surface area contributed by atoms with Crippen LogP contribution in [0, 0.1) is 5.92 Å². The summed E-state index contributed by atoms with van der Waals surface area (Å²) in [5, 5.41) is 12.2. The van der Waals surface area contributed by atoms with Gasteiger partial charge in [0.2, 0.25) is 11.2 Å². The summed E-state index contributed by atoms with van der Waals surface area (Å²) in [6.07, 6.45) is 6.44. The summed E-state index contributed by atoms with van der Waals surface area (Å²) in [5.74, 6) is 2.89. The fourth-order valence-corrected chi connectivity index (χ4v) is 6.49. The Kier molecular flexibility index (Phi) is 6.92. The fraction of sp³-hybridized carbons (Fsp3) is 0.536. The van der Waals surface area contributed by atoms with Crippen molar-refractivity contribution >= 4 is 52.5 Å². The number of hydrogen-bond donors (Lipinski definition) is 1. The van der Waals surface area contributed by atoms with E-state index in [1.807, 2.05) is 23.5 Å². The Hall–Kier alpha value is -3.51. The van der Waals surface area contributed by atoms with E-state index in [-0.39, 0.29) is 17.1 Å². The monoisotopic (exact) mass is 610 g/mol. The van der Waals surface area contributed by atoms with Gasteiger partial charge in [-0.25, -0.2) is 19.8 Å². The molecule has 3 fully saturated rings. The van der Waals surface area contributed by atoms with E-state index in [1.165, 1.54) is 31.4 Å². The summed E-state index contributed by atoms with van der Waals surface area (Å²) in [5.41, 5.74) is 5.00. The van der Waals surface area contributed by atoms with Gasteiger partial charge in [-0.3, -0.25) is 19.5 Å². The number of aromatic nitrogens is 6. The summed E-state index contributed by atoms with van der Waals surface area (Å²) in [4.78, 5) is 40.0. The van der Waals surface area contributed by atoms with Crippen molar-refractivity contribution in [3.63, 3.8) is 0 Å². The molecule has 3 aromatic heterocycles. The average molecular weight is 612 g/mol. The van der Waals surface area contributed by atoms with Gasteiger partial charge in [-0.15, -0.1) is 0 Å². The minimum Gasteiger partial charge on any atom is -0.355 e. The number of piperidine rings is 1. The SMILES string of the molecule is Cn1nc(C2CC2)cc1N1CCC2=NC(=O)NC(=O)C2C1.Cn1nc(C2CC2)cc1N1CCc2nc(Cl)nc(Cl)c2C1. The van der Waals surface area contributed by atoms with Crippen molar-refractivity contribution in [3.05, 3.63) is 45.2 Å². The largest absolute Gasteiger partial charge is 0.355 e. The van der Waals surface area contributed by atoms with Gasteiger partial charge in [0.25, 0.3) is 0 Å². The van der Waals surface area contributed by atoms with Gasteiger partial charge in [-0.2, -0.15) is 10.2 Å². The van der Waals surface area contributed by atoms with Crippen molar-refractivity contribution in [2.75, 3.05) is 29.4 Å². The molecular formula is C28H32Cl2N10O2. The maximum atomic E-state index is 12.0. The Labute approximate surface area is 253 Å². The lowest BCUT2D eigenvalue weighted by Crippen LogP contribution is -2.52. The van der Waals surface area contributed by atoms with Crippen LogP contribution >= 0.6 is 23.2 Å². The lowest BCUT2D eigenvalue weighted by atomic mass is 9.93. The topological polar surface area (TPSA) is 126 Å². The van der Waals surface area contributed by atoms with Gasteiger partial charge in [0.1, 0.15) is 16.8 Å². The second-order valence-corrected chi connectivity index (χ2v) is 12.4. The van der Waals surface area contributed by atoms with Crippen molar-refractivity contribution in [1.29, 1.82) is 0 Å². The highest BCUT2D eigenvalue weighted by molar-refractivity contribution is 6.32. The molecule has 1 atom stereocenters. The van der Waals surface area contributed by atoms with Crippen LogP contribution in [0.4, 0.5) is 16.4 Å². The molecule has 6 heterocycles. The van der Waals surface area contributed by atoms with Crippen molar-refractivity contribution in [1.82, 2.24) is 34.8 Å². The predicted molar refractivity (Wildman–Crippen MR) is 158 cm³/mol.